The van der Waals surface area contributed by atoms with Crippen molar-refractivity contribution in [3.8, 4) is 17.4 Å². The molecule has 2 aromatic heterocycles. The first kappa shape index (κ1) is 22.4. The number of aliphatic imine (C=N–C) groups is 1. The largest absolute Gasteiger partial charge is 0.497 e. The lowest BCUT2D eigenvalue weighted by molar-refractivity contribution is 0.407. The van der Waals surface area contributed by atoms with Crippen LogP contribution in [0.25, 0.3) is 0 Å². The van der Waals surface area contributed by atoms with Gasteiger partial charge in [-0.25, -0.2) is 15.0 Å². The number of guanidine groups is 1. The molecule has 0 saturated heterocycles. The van der Waals surface area contributed by atoms with E-state index >= 15 is 0 Å². The molecule has 0 aliphatic heterocycles. The van der Waals surface area contributed by atoms with E-state index in [1.54, 1.807) is 25.6 Å². The molecule has 0 saturated carbocycles. The van der Waals surface area contributed by atoms with Crippen molar-refractivity contribution in [2.24, 2.45) is 4.99 Å². The number of hydrogen-bond acceptors (Lipinski definition) is 5. The third-order valence-corrected chi connectivity index (χ3v) is 4.54. The first-order chi connectivity index (χ1) is 15.2. The van der Waals surface area contributed by atoms with Gasteiger partial charge in [-0.3, -0.25) is 0 Å². The lowest BCUT2D eigenvalue weighted by Gasteiger charge is -2.11. The number of benzene rings is 1. The van der Waals surface area contributed by atoms with Gasteiger partial charge >= 0.3 is 0 Å². The van der Waals surface area contributed by atoms with Crippen molar-refractivity contribution in [1.82, 2.24) is 20.6 Å². The summed E-state index contributed by atoms with van der Waals surface area (Å²) in [6.45, 7) is 4.05. The smallest absolute Gasteiger partial charge is 0.219 e. The summed E-state index contributed by atoms with van der Waals surface area (Å²) >= 11 is 5.83. The standard InChI is InChI=1S/C23H26ClN5O2/c1-3-25-23(26-12-11-17-7-9-21(24)27-14-17)29-16-18-8-10-22(28-15-18)31-20-6-4-5-19(13-20)30-2/h4-10,13-15H,3,11-12,16H2,1-2H3,(H2,25,26,29). The van der Waals surface area contributed by atoms with E-state index in [0.29, 0.717) is 23.3 Å². The van der Waals surface area contributed by atoms with E-state index in [0.717, 1.165) is 42.3 Å². The predicted octanol–water partition coefficient (Wildman–Crippen LogP) is 4.23. The molecule has 7 nitrogen and oxygen atoms in total. The zero-order valence-electron chi connectivity index (χ0n) is 17.6. The van der Waals surface area contributed by atoms with Crippen molar-refractivity contribution in [1.29, 1.82) is 0 Å². The molecule has 0 spiro atoms. The maximum absolute atomic E-state index is 5.83. The number of nitrogens with one attached hydrogen (secondary N) is 2. The van der Waals surface area contributed by atoms with E-state index < -0.39 is 0 Å². The van der Waals surface area contributed by atoms with Gasteiger partial charge in [0.15, 0.2) is 5.96 Å². The van der Waals surface area contributed by atoms with Crippen LogP contribution < -0.4 is 20.1 Å². The highest BCUT2D eigenvalue weighted by Gasteiger charge is 2.03. The van der Waals surface area contributed by atoms with E-state index in [2.05, 4.69) is 25.6 Å². The fraction of sp³-hybridized carbons (Fsp3) is 0.261. The summed E-state index contributed by atoms with van der Waals surface area (Å²) in [6.07, 6.45) is 4.38. The van der Waals surface area contributed by atoms with Gasteiger partial charge in [-0.15, -0.1) is 0 Å². The van der Waals surface area contributed by atoms with Crippen LogP contribution in [0.5, 0.6) is 17.4 Å². The predicted molar refractivity (Wildman–Crippen MR) is 123 cm³/mol. The fourth-order valence-electron chi connectivity index (χ4n) is 2.74. The fourth-order valence-corrected chi connectivity index (χ4v) is 2.85. The Hall–Kier alpha value is -3.32. The molecule has 0 fully saturated rings. The molecule has 8 heteroatoms. The third kappa shape index (κ3) is 7.46. The first-order valence-electron chi connectivity index (χ1n) is 10.1. The van der Waals surface area contributed by atoms with Crippen molar-refractivity contribution in [3.05, 3.63) is 77.2 Å². The summed E-state index contributed by atoms with van der Waals surface area (Å²) in [5.74, 6) is 2.68. The molecule has 0 amide bonds. The van der Waals surface area contributed by atoms with Gasteiger partial charge in [0.2, 0.25) is 5.88 Å². The molecule has 162 valence electrons. The number of aromatic nitrogens is 2. The van der Waals surface area contributed by atoms with Gasteiger partial charge in [0.1, 0.15) is 16.7 Å². The Bertz CT molecular complexity index is 978. The average Bonchev–Trinajstić information content (AvgIpc) is 2.80. The van der Waals surface area contributed by atoms with Gasteiger partial charge in [0, 0.05) is 37.6 Å². The Labute approximate surface area is 187 Å². The minimum atomic E-state index is 0.500. The van der Waals surface area contributed by atoms with Crippen molar-refractivity contribution in [2.75, 3.05) is 20.2 Å². The maximum Gasteiger partial charge on any atom is 0.219 e. The molecule has 0 atom stereocenters. The van der Waals surface area contributed by atoms with Gasteiger partial charge in [0.25, 0.3) is 0 Å². The van der Waals surface area contributed by atoms with Gasteiger partial charge < -0.3 is 20.1 Å². The van der Waals surface area contributed by atoms with Crippen LogP contribution in [0, 0.1) is 0 Å². The summed E-state index contributed by atoms with van der Waals surface area (Å²) in [5, 5.41) is 7.08. The summed E-state index contributed by atoms with van der Waals surface area (Å²) in [4.78, 5) is 13.1. The van der Waals surface area contributed by atoms with Crippen molar-refractivity contribution in [2.45, 2.75) is 19.9 Å². The number of pyridine rings is 2. The van der Waals surface area contributed by atoms with Crippen LogP contribution in [0.3, 0.4) is 0 Å². The third-order valence-electron chi connectivity index (χ3n) is 4.32. The van der Waals surface area contributed by atoms with Crippen molar-refractivity contribution >= 4 is 17.6 Å². The molecule has 0 aliphatic carbocycles. The van der Waals surface area contributed by atoms with Gasteiger partial charge in [-0.05, 0) is 42.7 Å². The summed E-state index contributed by atoms with van der Waals surface area (Å²) in [5.41, 5.74) is 2.10. The Morgan fingerprint density at radius 3 is 2.52 bits per heavy atom. The molecule has 0 unspecified atom stereocenters. The Morgan fingerprint density at radius 2 is 1.81 bits per heavy atom. The molecule has 0 radical (unpaired) electrons. The second-order valence-corrected chi connectivity index (χ2v) is 7.03. The summed E-state index contributed by atoms with van der Waals surface area (Å²) in [6, 6.07) is 15.0. The van der Waals surface area contributed by atoms with Gasteiger partial charge in [-0.1, -0.05) is 29.8 Å². The van der Waals surface area contributed by atoms with Crippen LogP contribution in [-0.2, 0) is 13.0 Å². The average molecular weight is 440 g/mol. The van der Waals surface area contributed by atoms with Crippen molar-refractivity contribution < 1.29 is 9.47 Å². The molecular formula is C23H26ClN5O2. The monoisotopic (exact) mass is 439 g/mol. The molecule has 1 aromatic carbocycles. The van der Waals surface area contributed by atoms with Gasteiger partial charge in [-0.2, -0.15) is 0 Å². The SMILES string of the molecule is CCNC(=NCc1ccc(Oc2cccc(OC)c2)nc1)NCCc1ccc(Cl)nc1. The number of rotatable bonds is 9. The Morgan fingerprint density at radius 1 is 1.00 bits per heavy atom. The number of methoxy groups -OCH3 is 1. The van der Waals surface area contributed by atoms with Crippen LogP contribution in [0.4, 0.5) is 0 Å². The highest BCUT2D eigenvalue weighted by atomic mass is 35.5. The summed E-state index contributed by atoms with van der Waals surface area (Å²) < 4.78 is 11.0. The minimum Gasteiger partial charge on any atom is -0.497 e. The Balaban J connectivity index is 1.53. The summed E-state index contributed by atoms with van der Waals surface area (Å²) in [7, 11) is 1.62. The molecular weight excluding hydrogens is 414 g/mol. The lowest BCUT2D eigenvalue weighted by atomic mass is 10.2. The second kappa shape index (κ2) is 11.8. The second-order valence-electron chi connectivity index (χ2n) is 6.65. The molecule has 31 heavy (non-hydrogen) atoms. The highest BCUT2D eigenvalue weighted by Crippen LogP contribution is 2.23. The molecule has 3 aromatic rings. The van der Waals surface area contributed by atoms with Crippen LogP contribution in [0.2, 0.25) is 5.15 Å². The zero-order valence-corrected chi connectivity index (χ0v) is 18.4. The van der Waals surface area contributed by atoms with E-state index in [9.17, 15) is 0 Å². The Kier molecular flexibility index (Phi) is 8.48. The lowest BCUT2D eigenvalue weighted by Crippen LogP contribution is -2.38. The zero-order chi connectivity index (χ0) is 21.9. The van der Waals surface area contributed by atoms with E-state index in [4.69, 9.17) is 21.1 Å². The maximum atomic E-state index is 5.83. The van der Waals surface area contributed by atoms with Crippen LogP contribution in [0.1, 0.15) is 18.1 Å². The number of hydrogen-bond donors (Lipinski definition) is 2. The first-order valence-corrected chi connectivity index (χ1v) is 10.4. The topological polar surface area (TPSA) is 80.7 Å². The van der Waals surface area contributed by atoms with Crippen LogP contribution >= 0.6 is 11.6 Å². The molecule has 3 rings (SSSR count). The van der Waals surface area contributed by atoms with E-state index in [-0.39, 0.29) is 0 Å². The number of ether oxygens (including phenoxy) is 2. The van der Waals surface area contributed by atoms with E-state index in [1.807, 2.05) is 49.4 Å². The molecule has 2 heterocycles. The molecule has 2 N–H and O–H groups in total. The van der Waals surface area contributed by atoms with E-state index in [1.165, 1.54) is 0 Å². The van der Waals surface area contributed by atoms with Crippen molar-refractivity contribution in [3.63, 3.8) is 0 Å². The number of nitrogens with zero attached hydrogens (tertiary/aromatic N) is 3. The normalized spacial score (nSPS) is 11.1. The molecule has 0 bridgehead atoms. The molecule has 0 aliphatic rings. The van der Waals surface area contributed by atoms with Crippen LogP contribution in [-0.4, -0.2) is 36.1 Å². The minimum absolute atomic E-state index is 0.500. The van der Waals surface area contributed by atoms with Crippen LogP contribution in [0.15, 0.2) is 65.9 Å². The van der Waals surface area contributed by atoms with Gasteiger partial charge in [0.05, 0.1) is 13.7 Å². The highest BCUT2D eigenvalue weighted by molar-refractivity contribution is 6.29. The quantitative estimate of drug-likeness (QED) is 0.295. The number of halogens is 1.